The molecule has 1 aliphatic heterocycles. The fourth-order valence-corrected chi connectivity index (χ4v) is 3.16. The Bertz CT molecular complexity index is 501. The molecule has 0 aromatic heterocycles. The van der Waals surface area contributed by atoms with Crippen molar-refractivity contribution in [1.82, 2.24) is 0 Å². The van der Waals surface area contributed by atoms with Crippen LogP contribution in [0.2, 0.25) is 0 Å². The van der Waals surface area contributed by atoms with Crippen LogP contribution < -0.4 is 5.73 Å². The lowest BCUT2D eigenvalue weighted by Gasteiger charge is -2.06. The Morgan fingerprint density at radius 3 is 2.57 bits per heavy atom. The fraction of sp³-hybridized carbons (Fsp3) is 0.200. The first kappa shape index (κ1) is 9.43. The van der Waals surface area contributed by atoms with Crippen molar-refractivity contribution < 1.29 is 8.42 Å². The summed E-state index contributed by atoms with van der Waals surface area (Å²) >= 11 is 0. The highest BCUT2D eigenvalue weighted by atomic mass is 32.2. The van der Waals surface area contributed by atoms with Crippen LogP contribution >= 0.6 is 0 Å². The Kier molecular flexibility index (Phi) is 1.97. The van der Waals surface area contributed by atoms with Crippen LogP contribution in [0.5, 0.6) is 0 Å². The molecule has 74 valence electrons. The van der Waals surface area contributed by atoms with Gasteiger partial charge in [-0.2, -0.15) is 0 Å². The maximum Gasteiger partial charge on any atom is 0.200 e. The molecule has 0 fully saturated rings. The van der Waals surface area contributed by atoms with Crippen molar-refractivity contribution in [1.29, 1.82) is 0 Å². The molecule has 4 heteroatoms. The monoisotopic (exact) mass is 209 g/mol. The van der Waals surface area contributed by atoms with Crippen LogP contribution in [0.1, 0.15) is 12.5 Å². The largest absolute Gasteiger partial charge is 0.324 e. The third-order valence-electron chi connectivity index (χ3n) is 2.28. The fourth-order valence-electron chi connectivity index (χ4n) is 1.60. The molecule has 1 atom stereocenters. The highest BCUT2D eigenvalue weighted by Gasteiger charge is 2.27. The number of sulfone groups is 1. The summed E-state index contributed by atoms with van der Waals surface area (Å²) in [5, 5.41) is 1.27. The first-order valence-corrected chi connectivity index (χ1v) is 5.88. The highest BCUT2D eigenvalue weighted by Crippen LogP contribution is 2.34. The average molecular weight is 209 g/mol. The quantitative estimate of drug-likeness (QED) is 0.755. The third kappa shape index (κ3) is 1.27. The molecule has 0 saturated carbocycles. The van der Waals surface area contributed by atoms with Gasteiger partial charge in [-0.3, -0.25) is 0 Å². The molecule has 3 nitrogen and oxygen atoms in total. The summed E-state index contributed by atoms with van der Waals surface area (Å²) in [6.45, 7) is 1.78. The first-order valence-electron chi connectivity index (χ1n) is 4.34. The highest BCUT2D eigenvalue weighted by molar-refractivity contribution is 7.95. The van der Waals surface area contributed by atoms with Gasteiger partial charge in [-0.25, -0.2) is 8.42 Å². The second-order valence-electron chi connectivity index (χ2n) is 3.40. The minimum atomic E-state index is -3.24. The molecule has 0 saturated heterocycles. The van der Waals surface area contributed by atoms with Gasteiger partial charge in [-0.15, -0.1) is 0 Å². The number of hydrogen-bond donors (Lipinski definition) is 1. The van der Waals surface area contributed by atoms with Crippen LogP contribution in [0.15, 0.2) is 34.6 Å². The molecule has 1 aromatic carbocycles. The van der Waals surface area contributed by atoms with E-state index >= 15 is 0 Å². The van der Waals surface area contributed by atoms with Crippen LogP contribution in [0.3, 0.4) is 0 Å². The van der Waals surface area contributed by atoms with Crippen molar-refractivity contribution in [3.63, 3.8) is 0 Å². The molecule has 1 aromatic rings. The van der Waals surface area contributed by atoms with E-state index < -0.39 is 9.84 Å². The molecular formula is C10H11NO2S. The van der Waals surface area contributed by atoms with Crippen LogP contribution in [0, 0.1) is 0 Å². The maximum absolute atomic E-state index is 11.6. The predicted octanol–water partition coefficient (Wildman–Crippen LogP) is 1.16. The van der Waals surface area contributed by atoms with Gasteiger partial charge >= 0.3 is 0 Å². The van der Waals surface area contributed by atoms with Crippen molar-refractivity contribution in [2.24, 2.45) is 5.73 Å². The van der Waals surface area contributed by atoms with Gasteiger partial charge < -0.3 is 5.73 Å². The number of fused-ring (bicyclic) bond motifs is 1. The Labute approximate surface area is 83.2 Å². The molecule has 0 amide bonds. The number of nitrogens with two attached hydrogens (primary N) is 1. The molecule has 14 heavy (non-hydrogen) atoms. The van der Waals surface area contributed by atoms with Crippen LogP contribution in [0.4, 0.5) is 0 Å². The van der Waals surface area contributed by atoms with Gasteiger partial charge in [0.25, 0.3) is 0 Å². The molecule has 2 N–H and O–H groups in total. The molecule has 0 bridgehead atoms. The van der Waals surface area contributed by atoms with Gasteiger partial charge in [0.1, 0.15) is 0 Å². The lowest BCUT2D eigenvalue weighted by molar-refractivity contribution is 0.605. The summed E-state index contributed by atoms with van der Waals surface area (Å²) in [6.07, 6.45) is 0. The van der Waals surface area contributed by atoms with Crippen molar-refractivity contribution >= 4 is 15.4 Å². The third-order valence-corrected chi connectivity index (χ3v) is 3.81. The van der Waals surface area contributed by atoms with Crippen molar-refractivity contribution in [2.75, 3.05) is 0 Å². The minimum absolute atomic E-state index is 0.256. The Balaban J connectivity index is 2.73. The van der Waals surface area contributed by atoms with Crippen LogP contribution in [-0.4, -0.2) is 14.5 Å². The molecule has 1 unspecified atom stereocenters. The summed E-state index contributed by atoms with van der Waals surface area (Å²) in [5.74, 6) is 0. The second-order valence-corrected chi connectivity index (χ2v) is 5.17. The molecule has 0 aliphatic carbocycles. The molecule has 1 heterocycles. The van der Waals surface area contributed by atoms with Crippen molar-refractivity contribution in [2.45, 2.75) is 17.9 Å². The molecule has 1 aliphatic rings. The lowest BCUT2D eigenvalue weighted by atomic mass is 10.0. The van der Waals surface area contributed by atoms with E-state index in [1.807, 2.05) is 6.07 Å². The summed E-state index contributed by atoms with van der Waals surface area (Å²) < 4.78 is 23.3. The average Bonchev–Trinajstić information content (AvgIpc) is 2.40. The number of hydrogen-bond acceptors (Lipinski definition) is 3. The predicted molar refractivity (Wildman–Crippen MR) is 55.3 cm³/mol. The zero-order valence-electron chi connectivity index (χ0n) is 7.77. The standard InChI is InChI=1S/C10H11NO2S/c1-7(11)9-6-14(12,13)10-5-3-2-4-8(9)10/h2-7H,11H2,1H3. The SMILES string of the molecule is CC(N)C1=CS(=O)(=O)c2ccccc21. The maximum atomic E-state index is 11.6. The van der Waals surface area contributed by atoms with Gasteiger partial charge in [0.15, 0.2) is 0 Å². The second kappa shape index (κ2) is 2.93. The summed E-state index contributed by atoms with van der Waals surface area (Å²) in [4.78, 5) is 0.368. The topological polar surface area (TPSA) is 60.2 Å². The van der Waals surface area contributed by atoms with Gasteiger partial charge in [0.05, 0.1) is 4.90 Å². The molecule has 2 rings (SSSR count). The van der Waals surface area contributed by atoms with E-state index in [0.29, 0.717) is 10.5 Å². The first-order chi connectivity index (χ1) is 6.52. The van der Waals surface area contributed by atoms with Gasteiger partial charge in [-0.1, -0.05) is 18.2 Å². The normalized spacial score (nSPS) is 20.0. The van der Waals surface area contributed by atoms with Crippen molar-refractivity contribution in [3.05, 3.63) is 35.2 Å². The van der Waals surface area contributed by atoms with E-state index in [2.05, 4.69) is 0 Å². The summed E-state index contributed by atoms with van der Waals surface area (Å²) in [6, 6.07) is 6.67. The number of benzene rings is 1. The smallest absolute Gasteiger partial charge is 0.200 e. The lowest BCUT2D eigenvalue weighted by Crippen LogP contribution is -2.15. The Morgan fingerprint density at radius 1 is 1.29 bits per heavy atom. The van der Waals surface area contributed by atoms with E-state index in [-0.39, 0.29) is 6.04 Å². The minimum Gasteiger partial charge on any atom is -0.324 e. The van der Waals surface area contributed by atoms with E-state index in [4.69, 9.17) is 5.73 Å². The van der Waals surface area contributed by atoms with Gasteiger partial charge in [0, 0.05) is 11.4 Å². The number of rotatable bonds is 1. The summed E-state index contributed by atoms with van der Waals surface area (Å²) in [5.41, 5.74) is 7.13. The Hall–Kier alpha value is -1.13. The van der Waals surface area contributed by atoms with E-state index in [1.165, 1.54) is 5.41 Å². The zero-order valence-corrected chi connectivity index (χ0v) is 8.58. The van der Waals surface area contributed by atoms with E-state index in [1.54, 1.807) is 25.1 Å². The van der Waals surface area contributed by atoms with Gasteiger partial charge in [-0.05, 0) is 24.1 Å². The van der Waals surface area contributed by atoms with Crippen molar-refractivity contribution in [3.8, 4) is 0 Å². The van der Waals surface area contributed by atoms with Crippen LogP contribution in [0.25, 0.3) is 5.57 Å². The molecular weight excluding hydrogens is 198 g/mol. The molecule has 0 spiro atoms. The van der Waals surface area contributed by atoms with E-state index in [9.17, 15) is 8.42 Å². The Morgan fingerprint density at radius 2 is 1.93 bits per heavy atom. The van der Waals surface area contributed by atoms with E-state index in [0.717, 1.165) is 5.56 Å². The van der Waals surface area contributed by atoms with Gasteiger partial charge in [0.2, 0.25) is 9.84 Å². The summed E-state index contributed by atoms with van der Waals surface area (Å²) in [7, 11) is -3.24. The molecule has 0 radical (unpaired) electrons. The zero-order chi connectivity index (χ0) is 10.3. The van der Waals surface area contributed by atoms with Crippen LogP contribution in [-0.2, 0) is 9.84 Å².